The Bertz CT molecular complexity index is 1360. The van der Waals surface area contributed by atoms with E-state index in [2.05, 4.69) is 43.7 Å². The number of pyridine rings is 1. The summed E-state index contributed by atoms with van der Waals surface area (Å²) in [7, 11) is -1.75. The van der Waals surface area contributed by atoms with Gasteiger partial charge >= 0.3 is 0 Å². The maximum atomic E-state index is 13.2. The third-order valence-corrected chi connectivity index (χ3v) is 8.00. The van der Waals surface area contributed by atoms with E-state index in [1.807, 2.05) is 18.2 Å². The van der Waals surface area contributed by atoms with Gasteiger partial charge in [-0.25, -0.2) is 27.7 Å². The van der Waals surface area contributed by atoms with Crippen LogP contribution in [0.25, 0.3) is 11.3 Å². The van der Waals surface area contributed by atoms with Crippen LogP contribution < -0.4 is 14.5 Å². The lowest BCUT2D eigenvalue weighted by Gasteiger charge is -2.34. The van der Waals surface area contributed by atoms with E-state index in [1.54, 1.807) is 18.3 Å². The van der Waals surface area contributed by atoms with Crippen LogP contribution in [-0.2, 0) is 10.0 Å². The highest BCUT2D eigenvalue weighted by molar-refractivity contribution is 7.93. The van der Waals surface area contributed by atoms with Crippen LogP contribution in [0.3, 0.4) is 0 Å². The molecule has 0 radical (unpaired) electrons. The third-order valence-electron chi connectivity index (χ3n) is 5.94. The molecular weight excluding hydrogens is 474 g/mol. The summed E-state index contributed by atoms with van der Waals surface area (Å²) >= 11 is 6.59. The minimum atomic E-state index is -3.86. The number of aromatic nitrogens is 3. The lowest BCUT2D eigenvalue weighted by Crippen LogP contribution is -2.44. The zero-order valence-corrected chi connectivity index (χ0v) is 20.2. The minimum Gasteiger partial charge on any atom is -0.368 e. The predicted molar refractivity (Wildman–Crippen MR) is 134 cm³/mol. The van der Waals surface area contributed by atoms with Gasteiger partial charge in [-0.05, 0) is 37.4 Å². The molecule has 5 rings (SSSR count). The summed E-state index contributed by atoms with van der Waals surface area (Å²) in [5.74, 6) is 0.587. The van der Waals surface area contributed by atoms with Gasteiger partial charge in [-0.3, -0.25) is 0 Å². The summed E-state index contributed by atoms with van der Waals surface area (Å²) in [6, 6.07) is 9.27. The summed E-state index contributed by atoms with van der Waals surface area (Å²) in [6.07, 6.45) is 4.40. The summed E-state index contributed by atoms with van der Waals surface area (Å²) in [6.45, 7) is 7.58. The van der Waals surface area contributed by atoms with Crippen molar-refractivity contribution in [1.82, 2.24) is 19.9 Å². The van der Waals surface area contributed by atoms with Crippen molar-refractivity contribution in [2.75, 3.05) is 54.3 Å². The number of nitrogens with one attached hydrogen (secondary N) is 1. The zero-order chi connectivity index (χ0) is 23.9. The second-order valence-corrected chi connectivity index (χ2v) is 10.4. The molecule has 0 aliphatic carbocycles. The summed E-state index contributed by atoms with van der Waals surface area (Å²) in [4.78, 5) is 17.7. The normalized spacial score (nSPS) is 17.1. The Hall–Kier alpha value is -3.21. The molecule has 2 aromatic heterocycles. The molecule has 1 fully saturated rings. The molecule has 1 N–H and O–H groups in total. The Labute approximate surface area is 203 Å². The molecule has 0 unspecified atom stereocenters. The van der Waals surface area contributed by atoms with E-state index in [0.29, 0.717) is 27.8 Å². The van der Waals surface area contributed by atoms with Crippen molar-refractivity contribution in [3.05, 3.63) is 60.4 Å². The van der Waals surface area contributed by atoms with E-state index in [0.717, 1.165) is 31.9 Å². The molecule has 11 heteroatoms. The van der Waals surface area contributed by atoms with Gasteiger partial charge in [0, 0.05) is 43.6 Å². The number of rotatable bonds is 5. The van der Waals surface area contributed by atoms with E-state index >= 15 is 0 Å². The number of anilines is 4. The van der Waals surface area contributed by atoms with Crippen molar-refractivity contribution < 1.29 is 8.42 Å². The van der Waals surface area contributed by atoms with E-state index in [4.69, 9.17) is 11.6 Å². The van der Waals surface area contributed by atoms with Crippen LogP contribution in [0.5, 0.6) is 0 Å². The Kier molecular flexibility index (Phi) is 5.88. The van der Waals surface area contributed by atoms with Crippen LogP contribution in [0.2, 0.25) is 5.02 Å². The second kappa shape index (κ2) is 8.86. The molecule has 0 saturated carbocycles. The van der Waals surface area contributed by atoms with E-state index in [-0.39, 0.29) is 17.4 Å². The van der Waals surface area contributed by atoms with Crippen molar-refractivity contribution in [2.45, 2.75) is 4.90 Å². The standard InChI is InChI=1S/C23H24ClN7O2S/c1-3-9-31-22-17(5-4-8-25-22)21-20(34(31,32)33)15-26-23(28-21)27-16-6-7-19(18(24)14-16)30-12-10-29(2)11-13-30/h3-8,14-15H,1,9-13H2,2H3,(H,26,27,28). The Morgan fingerprint density at radius 3 is 2.71 bits per heavy atom. The van der Waals surface area contributed by atoms with Gasteiger partial charge in [0.2, 0.25) is 5.95 Å². The van der Waals surface area contributed by atoms with Gasteiger partial charge in [0.25, 0.3) is 10.0 Å². The maximum absolute atomic E-state index is 13.2. The molecule has 1 saturated heterocycles. The van der Waals surface area contributed by atoms with Crippen LogP contribution in [0.1, 0.15) is 0 Å². The molecule has 34 heavy (non-hydrogen) atoms. The zero-order valence-electron chi connectivity index (χ0n) is 18.6. The third kappa shape index (κ3) is 3.97. The van der Waals surface area contributed by atoms with Crippen LogP contribution in [0, 0.1) is 0 Å². The maximum Gasteiger partial charge on any atom is 0.269 e. The van der Waals surface area contributed by atoms with Gasteiger partial charge in [-0.2, -0.15) is 0 Å². The van der Waals surface area contributed by atoms with E-state index < -0.39 is 10.0 Å². The molecule has 0 spiro atoms. The molecule has 9 nitrogen and oxygen atoms in total. The molecular formula is C23H24ClN7O2S. The molecule has 2 aliphatic heterocycles. The topological polar surface area (TPSA) is 94.6 Å². The fraction of sp³-hybridized carbons (Fsp3) is 0.261. The van der Waals surface area contributed by atoms with Crippen molar-refractivity contribution in [3.63, 3.8) is 0 Å². The number of halogens is 1. The molecule has 1 aromatic carbocycles. The van der Waals surface area contributed by atoms with Gasteiger partial charge in [0.05, 0.1) is 23.5 Å². The smallest absolute Gasteiger partial charge is 0.269 e. The van der Waals surface area contributed by atoms with Crippen LogP contribution in [0.15, 0.2) is 60.3 Å². The number of fused-ring (bicyclic) bond motifs is 3. The first-order valence-corrected chi connectivity index (χ1v) is 12.7. The highest BCUT2D eigenvalue weighted by atomic mass is 35.5. The highest BCUT2D eigenvalue weighted by Gasteiger charge is 2.37. The molecule has 4 heterocycles. The number of sulfonamides is 1. The van der Waals surface area contributed by atoms with Crippen molar-refractivity contribution in [2.24, 2.45) is 0 Å². The SMILES string of the molecule is C=CCN1c2ncccc2-c2nc(Nc3ccc(N4CCN(C)CC4)c(Cl)c3)ncc2S1(=O)=O. The van der Waals surface area contributed by atoms with Crippen molar-refractivity contribution >= 4 is 44.8 Å². The van der Waals surface area contributed by atoms with Crippen molar-refractivity contribution in [1.29, 1.82) is 0 Å². The monoisotopic (exact) mass is 497 g/mol. The molecule has 3 aromatic rings. The fourth-order valence-electron chi connectivity index (χ4n) is 4.15. The van der Waals surface area contributed by atoms with Gasteiger partial charge < -0.3 is 15.1 Å². The van der Waals surface area contributed by atoms with Gasteiger partial charge in [-0.15, -0.1) is 6.58 Å². The van der Waals surface area contributed by atoms with E-state index in [9.17, 15) is 8.42 Å². The average molecular weight is 498 g/mol. The van der Waals surface area contributed by atoms with Gasteiger partial charge in [-0.1, -0.05) is 17.7 Å². The average Bonchev–Trinajstić information content (AvgIpc) is 2.83. The lowest BCUT2D eigenvalue weighted by atomic mass is 10.1. The number of benzene rings is 1. The van der Waals surface area contributed by atoms with Gasteiger partial charge in [0.15, 0.2) is 5.82 Å². The molecule has 2 aliphatic rings. The predicted octanol–water partition coefficient (Wildman–Crippen LogP) is 3.38. The summed E-state index contributed by atoms with van der Waals surface area (Å²) in [5.41, 5.74) is 2.62. The summed E-state index contributed by atoms with van der Waals surface area (Å²) in [5, 5.41) is 3.78. The number of hydrogen-bond donors (Lipinski definition) is 1. The highest BCUT2D eigenvalue weighted by Crippen LogP contribution is 2.40. The Morgan fingerprint density at radius 1 is 1.18 bits per heavy atom. The number of nitrogens with zero attached hydrogens (tertiary/aromatic N) is 6. The number of hydrogen-bond acceptors (Lipinski definition) is 8. The molecule has 0 bridgehead atoms. The first-order valence-electron chi connectivity index (χ1n) is 10.8. The molecule has 176 valence electrons. The lowest BCUT2D eigenvalue weighted by molar-refractivity contribution is 0.313. The first-order chi connectivity index (χ1) is 16.4. The Morgan fingerprint density at radius 2 is 1.97 bits per heavy atom. The van der Waals surface area contributed by atoms with Crippen molar-refractivity contribution in [3.8, 4) is 11.3 Å². The van der Waals surface area contributed by atoms with Crippen LogP contribution >= 0.6 is 11.6 Å². The molecule has 0 atom stereocenters. The van der Waals surface area contributed by atoms with Gasteiger partial charge in [0.1, 0.15) is 10.6 Å². The number of likely N-dealkylation sites (N-methyl/N-ethyl adjacent to an activating group) is 1. The van der Waals surface area contributed by atoms with E-state index in [1.165, 1.54) is 16.6 Å². The van der Waals surface area contributed by atoms with Crippen LogP contribution in [-0.4, -0.2) is 68.0 Å². The minimum absolute atomic E-state index is 0.0313. The second-order valence-electron chi connectivity index (χ2n) is 8.19. The molecule has 0 amide bonds. The quantitative estimate of drug-likeness (QED) is 0.536. The first kappa shape index (κ1) is 22.6. The number of piperazine rings is 1. The Balaban J connectivity index is 1.46. The van der Waals surface area contributed by atoms with Crippen LogP contribution in [0.4, 0.5) is 23.1 Å². The largest absolute Gasteiger partial charge is 0.368 e. The summed E-state index contributed by atoms with van der Waals surface area (Å²) < 4.78 is 27.6. The fourth-order valence-corrected chi connectivity index (χ4v) is 5.94.